The normalized spacial score (nSPS) is 16.4. The lowest BCUT2D eigenvalue weighted by Gasteiger charge is -2.33. The van der Waals surface area contributed by atoms with Crippen molar-refractivity contribution in [2.24, 2.45) is 0 Å². The minimum Gasteiger partial charge on any atom is -0.481 e. The number of hydrogen-bond donors (Lipinski definition) is 1. The molecule has 3 rings (SSSR count). The molecule has 0 radical (unpaired) electrons. The molecule has 1 aliphatic heterocycles. The predicted molar refractivity (Wildman–Crippen MR) is 93.7 cm³/mol. The molecule has 0 saturated heterocycles. The van der Waals surface area contributed by atoms with E-state index in [9.17, 15) is 27.9 Å². The second-order valence-corrected chi connectivity index (χ2v) is 6.52. The molecule has 28 heavy (non-hydrogen) atoms. The monoisotopic (exact) mass is 393 g/mol. The molecule has 0 spiro atoms. The van der Waals surface area contributed by atoms with Crippen LogP contribution in [0.2, 0.25) is 0 Å². The van der Waals surface area contributed by atoms with E-state index >= 15 is 0 Å². The number of carbonyl (C=O) groups excluding carboxylic acids is 1. The summed E-state index contributed by atoms with van der Waals surface area (Å²) in [5.41, 5.74) is 1.71. The molecule has 0 fully saturated rings. The lowest BCUT2D eigenvalue weighted by atomic mass is 9.89. The Bertz CT molecular complexity index is 882. The number of para-hydroxylation sites is 1. The molecule has 1 heterocycles. The van der Waals surface area contributed by atoms with Gasteiger partial charge < -0.3 is 14.7 Å². The zero-order valence-electron chi connectivity index (χ0n) is 14.8. The molecule has 1 unspecified atom stereocenters. The number of rotatable bonds is 5. The average Bonchev–Trinajstić information content (AvgIpc) is 2.64. The van der Waals surface area contributed by atoms with Gasteiger partial charge in [0.2, 0.25) is 5.91 Å². The molecule has 1 aliphatic rings. The van der Waals surface area contributed by atoms with E-state index in [4.69, 9.17) is 0 Å². The molecular weight excluding hydrogens is 375 g/mol. The highest BCUT2D eigenvalue weighted by Gasteiger charge is 2.33. The summed E-state index contributed by atoms with van der Waals surface area (Å²) < 4.78 is 41.6. The number of aryl methyl sites for hydroxylation is 1. The van der Waals surface area contributed by atoms with Gasteiger partial charge in [-0.3, -0.25) is 9.59 Å². The van der Waals surface area contributed by atoms with Crippen molar-refractivity contribution in [1.82, 2.24) is 4.90 Å². The Hall–Kier alpha value is -3.03. The maximum absolute atomic E-state index is 12.6. The summed E-state index contributed by atoms with van der Waals surface area (Å²) in [5, 5.41) is 9.48. The fourth-order valence-corrected chi connectivity index (χ4v) is 3.34. The lowest BCUT2D eigenvalue weighted by Crippen LogP contribution is -2.40. The van der Waals surface area contributed by atoms with E-state index < -0.39 is 18.2 Å². The summed E-state index contributed by atoms with van der Waals surface area (Å²) in [6.07, 6.45) is -4.81. The first-order valence-electron chi connectivity index (χ1n) is 8.66. The maximum atomic E-state index is 12.6. The van der Waals surface area contributed by atoms with Crippen molar-refractivity contribution in [2.45, 2.75) is 31.7 Å². The van der Waals surface area contributed by atoms with Crippen LogP contribution in [0.25, 0.3) is 0 Å². The average molecular weight is 393 g/mol. The van der Waals surface area contributed by atoms with Gasteiger partial charge in [-0.2, -0.15) is 0 Å². The highest BCUT2D eigenvalue weighted by Crippen LogP contribution is 2.30. The van der Waals surface area contributed by atoms with E-state index in [0.717, 1.165) is 5.56 Å². The number of benzene rings is 2. The minimum absolute atomic E-state index is 0.0336. The van der Waals surface area contributed by atoms with Gasteiger partial charge in [-0.15, -0.1) is 13.2 Å². The Kier molecular flexibility index (Phi) is 5.58. The van der Waals surface area contributed by atoms with Crippen LogP contribution in [-0.2, 0) is 22.6 Å². The topological polar surface area (TPSA) is 66.8 Å². The summed E-state index contributed by atoms with van der Waals surface area (Å²) in [6.45, 7) is 0.311. The van der Waals surface area contributed by atoms with Crippen molar-refractivity contribution < 1.29 is 32.6 Å². The fraction of sp³-hybridized carbons (Fsp3) is 0.300. The van der Waals surface area contributed by atoms with Gasteiger partial charge in [-0.05, 0) is 29.2 Å². The summed E-state index contributed by atoms with van der Waals surface area (Å²) in [6, 6.07) is 12.7. The second kappa shape index (κ2) is 7.92. The van der Waals surface area contributed by atoms with Crippen molar-refractivity contribution in [3.8, 4) is 5.75 Å². The number of nitrogens with zero attached hydrogens (tertiary/aromatic N) is 1. The number of ether oxygens (including phenoxy) is 1. The lowest BCUT2D eigenvalue weighted by molar-refractivity contribution is -0.274. The van der Waals surface area contributed by atoms with Gasteiger partial charge in [0.25, 0.3) is 0 Å². The highest BCUT2D eigenvalue weighted by atomic mass is 19.4. The zero-order valence-corrected chi connectivity index (χ0v) is 14.8. The third-order valence-electron chi connectivity index (χ3n) is 4.65. The molecule has 0 saturated carbocycles. The molecular formula is C20H18F3NO4. The van der Waals surface area contributed by atoms with Crippen LogP contribution in [0.4, 0.5) is 13.2 Å². The van der Waals surface area contributed by atoms with E-state index in [1.54, 1.807) is 30.3 Å². The molecule has 0 aromatic heterocycles. The Morgan fingerprint density at radius 1 is 1.11 bits per heavy atom. The zero-order chi connectivity index (χ0) is 20.3. The number of hydrogen-bond acceptors (Lipinski definition) is 3. The van der Waals surface area contributed by atoms with Gasteiger partial charge in [0.05, 0.1) is 5.92 Å². The van der Waals surface area contributed by atoms with Crippen molar-refractivity contribution in [2.75, 3.05) is 6.54 Å². The first kappa shape index (κ1) is 19.7. The molecule has 2 aromatic carbocycles. The van der Waals surface area contributed by atoms with E-state index in [1.165, 1.54) is 23.1 Å². The van der Waals surface area contributed by atoms with E-state index in [-0.39, 0.29) is 43.2 Å². The summed E-state index contributed by atoms with van der Waals surface area (Å²) in [5.74, 6) is -2.50. The maximum Gasteiger partial charge on any atom is 0.573 e. The Morgan fingerprint density at radius 2 is 1.79 bits per heavy atom. The van der Waals surface area contributed by atoms with Crippen LogP contribution >= 0.6 is 0 Å². The third kappa shape index (κ3) is 4.62. The van der Waals surface area contributed by atoms with Gasteiger partial charge >= 0.3 is 12.3 Å². The molecule has 2 aromatic rings. The van der Waals surface area contributed by atoms with Crippen molar-refractivity contribution in [3.05, 3.63) is 65.2 Å². The van der Waals surface area contributed by atoms with Gasteiger partial charge in [-0.25, -0.2) is 0 Å². The second-order valence-electron chi connectivity index (χ2n) is 6.52. The van der Waals surface area contributed by atoms with Crippen LogP contribution in [-0.4, -0.2) is 34.8 Å². The van der Waals surface area contributed by atoms with Crippen LogP contribution < -0.4 is 4.74 Å². The first-order chi connectivity index (χ1) is 13.2. The number of fused-ring (bicyclic) bond motifs is 1. The largest absolute Gasteiger partial charge is 0.573 e. The van der Waals surface area contributed by atoms with Crippen LogP contribution in [0.3, 0.4) is 0 Å². The first-order valence-corrected chi connectivity index (χ1v) is 8.66. The van der Waals surface area contributed by atoms with Crippen molar-refractivity contribution in [3.63, 3.8) is 0 Å². The van der Waals surface area contributed by atoms with E-state index in [1.807, 2.05) is 0 Å². The molecule has 5 nitrogen and oxygen atoms in total. The smallest absolute Gasteiger partial charge is 0.481 e. The van der Waals surface area contributed by atoms with E-state index in [2.05, 4.69) is 4.74 Å². The molecule has 0 bridgehead atoms. The Balaban J connectivity index is 1.70. The minimum atomic E-state index is -4.81. The van der Waals surface area contributed by atoms with Crippen molar-refractivity contribution in [1.29, 1.82) is 0 Å². The van der Waals surface area contributed by atoms with Crippen LogP contribution in [0.15, 0.2) is 48.5 Å². The summed E-state index contributed by atoms with van der Waals surface area (Å²) >= 11 is 0. The summed E-state index contributed by atoms with van der Waals surface area (Å²) in [7, 11) is 0. The molecule has 1 amide bonds. The number of carboxylic acids is 1. The standard InChI is InChI=1S/C20H18F3NO4/c21-20(22,23)28-17-8-4-2-5-13(17)9-10-18(25)24-11-14-6-1-3-7-15(14)16(12-24)19(26)27/h1-8,16H,9-12H2,(H,26,27). The third-order valence-corrected chi connectivity index (χ3v) is 4.65. The molecule has 1 atom stereocenters. The molecule has 1 N–H and O–H groups in total. The fourth-order valence-electron chi connectivity index (χ4n) is 3.34. The molecule has 8 heteroatoms. The quantitative estimate of drug-likeness (QED) is 0.841. The predicted octanol–water partition coefficient (Wildman–Crippen LogP) is 3.73. The molecule has 0 aliphatic carbocycles. The number of carboxylic acid groups (broad SMARTS) is 1. The van der Waals surface area contributed by atoms with Gasteiger partial charge in [0, 0.05) is 19.5 Å². The van der Waals surface area contributed by atoms with Gasteiger partial charge in [0.15, 0.2) is 0 Å². The SMILES string of the molecule is O=C(O)C1CN(C(=O)CCc2ccccc2OC(F)(F)F)Cc2ccccc21. The van der Waals surface area contributed by atoms with Crippen LogP contribution in [0.5, 0.6) is 5.75 Å². The number of carbonyl (C=O) groups is 2. The Labute approximate surface area is 159 Å². The highest BCUT2D eigenvalue weighted by molar-refractivity contribution is 5.81. The van der Waals surface area contributed by atoms with E-state index in [0.29, 0.717) is 5.56 Å². The molecule has 148 valence electrons. The van der Waals surface area contributed by atoms with Crippen LogP contribution in [0.1, 0.15) is 29.0 Å². The Morgan fingerprint density at radius 3 is 2.50 bits per heavy atom. The number of aliphatic carboxylic acids is 1. The summed E-state index contributed by atoms with van der Waals surface area (Å²) in [4.78, 5) is 25.6. The van der Waals surface area contributed by atoms with Crippen LogP contribution in [0, 0.1) is 0 Å². The number of halogens is 3. The van der Waals surface area contributed by atoms with Gasteiger partial charge in [0.1, 0.15) is 5.75 Å². The van der Waals surface area contributed by atoms with Gasteiger partial charge in [-0.1, -0.05) is 42.5 Å². The number of alkyl halides is 3. The number of amides is 1. The van der Waals surface area contributed by atoms with Crippen molar-refractivity contribution >= 4 is 11.9 Å².